The number of hydrogen-bond acceptors (Lipinski definition) is 3. The largest absolute Gasteiger partial charge is 0.440 e. The fourth-order valence-corrected chi connectivity index (χ4v) is 1.28. The molecule has 1 heterocycles. The van der Waals surface area contributed by atoms with Gasteiger partial charge in [-0.25, -0.2) is 4.39 Å². The van der Waals surface area contributed by atoms with Crippen LogP contribution in [0.25, 0.3) is 11.3 Å². The van der Waals surface area contributed by atoms with E-state index in [0.29, 0.717) is 11.3 Å². The number of nitriles is 1. The molecule has 0 fully saturated rings. The summed E-state index contributed by atoms with van der Waals surface area (Å²) in [5.74, 6) is 0.0845. The van der Waals surface area contributed by atoms with Crippen LogP contribution >= 0.6 is 0 Å². The van der Waals surface area contributed by atoms with Crippen LogP contribution < -0.4 is 5.73 Å². The third kappa shape index (κ3) is 1.67. The average Bonchev–Trinajstić information content (AvgIpc) is 2.60. The summed E-state index contributed by atoms with van der Waals surface area (Å²) < 4.78 is 18.0. The number of halogens is 1. The van der Waals surface area contributed by atoms with Gasteiger partial charge in [0.25, 0.3) is 0 Å². The second-order valence-corrected chi connectivity index (χ2v) is 3.01. The average molecular weight is 202 g/mol. The number of rotatable bonds is 1. The Morgan fingerprint density at radius 2 is 2.13 bits per heavy atom. The molecule has 0 saturated heterocycles. The van der Waals surface area contributed by atoms with Gasteiger partial charge in [-0.1, -0.05) is 12.1 Å². The monoisotopic (exact) mass is 202 g/mol. The van der Waals surface area contributed by atoms with Crippen molar-refractivity contribution in [1.82, 2.24) is 0 Å². The predicted octanol–water partition coefficient (Wildman–Crippen LogP) is 2.54. The van der Waals surface area contributed by atoms with E-state index in [-0.39, 0.29) is 17.3 Å². The lowest BCUT2D eigenvalue weighted by Gasteiger charge is -1.95. The molecular formula is C11H7FN2O. The molecule has 0 amide bonds. The van der Waals surface area contributed by atoms with Crippen molar-refractivity contribution in [3.05, 3.63) is 41.7 Å². The van der Waals surface area contributed by atoms with Gasteiger partial charge < -0.3 is 10.2 Å². The number of hydrogen-bond donors (Lipinski definition) is 1. The molecule has 0 aliphatic heterocycles. The minimum atomic E-state index is -0.360. The van der Waals surface area contributed by atoms with Crippen molar-refractivity contribution in [3.8, 4) is 17.4 Å². The maximum atomic E-state index is 12.9. The minimum Gasteiger partial charge on any atom is -0.440 e. The quantitative estimate of drug-likeness (QED) is 0.772. The lowest BCUT2D eigenvalue weighted by Crippen LogP contribution is -1.82. The molecule has 4 heteroatoms. The first-order valence-electron chi connectivity index (χ1n) is 4.26. The summed E-state index contributed by atoms with van der Waals surface area (Å²) >= 11 is 0. The molecule has 2 N–H and O–H groups in total. The Morgan fingerprint density at radius 3 is 2.73 bits per heavy atom. The molecule has 0 aliphatic carbocycles. The van der Waals surface area contributed by atoms with Crippen LogP contribution in [0.5, 0.6) is 0 Å². The maximum absolute atomic E-state index is 12.9. The number of furan rings is 1. The van der Waals surface area contributed by atoms with E-state index in [1.165, 1.54) is 18.2 Å². The SMILES string of the molecule is N#Cc1cc(-c2cccc(F)c2)oc1N. The molecule has 0 radical (unpaired) electrons. The summed E-state index contributed by atoms with van der Waals surface area (Å²) in [6.45, 7) is 0. The van der Waals surface area contributed by atoms with Gasteiger partial charge in [-0.05, 0) is 12.1 Å². The van der Waals surface area contributed by atoms with E-state index < -0.39 is 0 Å². The number of anilines is 1. The molecule has 2 aromatic rings. The van der Waals surface area contributed by atoms with Gasteiger partial charge >= 0.3 is 0 Å². The molecule has 0 spiro atoms. The Morgan fingerprint density at radius 1 is 1.33 bits per heavy atom. The Balaban J connectivity index is 2.51. The van der Waals surface area contributed by atoms with Crippen LogP contribution in [0.15, 0.2) is 34.7 Å². The summed E-state index contributed by atoms with van der Waals surface area (Å²) in [6, 6.07) is 9.28. The zero-order valence-corrected chi connectivity index (χ0v) is 7.70. The van der Waals surface area contributed by atoms with Crippen molar-refractivity contribution in [2.24, 2.45) is 0 Å². The molecule has 0 bridgehead atoms. The van der Waals surface area contributed by atoms with E-state index in [4.69, 9.17) is 15.4 Å². The Bertz CT molecular complexity index is 540. The number of nitrogen functional groups attached to an aromatic ring is 1. The van der Waals surface area contributed by atoms with E-state index in [2.05, 4.69) is 0 Å². The molecule has 0 aliphatic rings. The number of benzene rings is 1. The van der Waals surface area contributed by atoms with Crippen LogP contribution in [-0.4, -0.2) is 0 Å². The van der Waals surface area contributed by atoms with E-state index in [0.717, 1.165) is 0 Å². The van der Waals surface area contributed by atoms with Crippen LogP contribution in [-0.2, 0) is 0 Å². The van der Waals surface area contributed by atoms with E-state index in [1.807, 2.05) is 6.07 Å². The van der Waals surface area contributed by atoms with Gasteiger partial charge in [-0.3, -0.25) is 0 Å². The summed E-state index contributed by atoms with van der Waals surface area (Å²) in [5, 5.41) is 8.67. The molecule has 15 heavy (non-hydrogen) atoms. The zero-order chi connectivity index (χ0) is 10.8. The fourth-order valence-electron chi connectivity index (χ4n) is 1.28. The lowest BCUT2D eigenvalue weighted by atomic mass is 10.1. The molecule has 0 atom stereocenters. The summed E-state index contributed by atoms with van der Waals surface area (Å²) in [6.07, 6.45) is 0. The van der Waals surface area contributed by atoms with Gasteiger partial charge in [-0.2, -0.15) is 5.26 Å². The van der Waals surface area contributed by atoms with Crippen molar-refractivity contribution in [2.45, 2.75) is 0 Å². The Kier molecular flexibility index (Phi) is 2.14. The summed E-state index contributed by atoms with van der Waals surface area (Å²) in [5.41, 5.74) is 6.26. The van der Waals surface area contributed by atoms with E-state index >= 15 is 0 Å². The predicted molar refractivity (Wildman–Crippen MR) is 53.2 cm³/mol. The first-order valence-corrected chi connectivity index (χ1v) is 4.26. The van der Waals surface area contributed by atoms with E-state index in [1.54, 1.807) is 12.1 Å². The Labute approximate surface area is 85.5 Å². The standard InChI is InChI=1S/C11H7FN2O/c12-9-3-1-2-7(4-9)10-5-8(6-13)11(14)15-10/h1-5H,14H2. The van der Waals surface area contributed by atoms with Crippen molar-refractivity contribution >= 4 is 5.88 Å². The van der Waals surface area contributed by atoms with Gasteiger partial charge in [0.15, 0.2) is 0 Å². The van der Waals surface area contributed by atoms with Gasteiger partial charge in [-0.15, -0.1) is 0 Å². The Hall–Kier alpha value is -2.28. The van der Waals surface area contributed by atoms with Crippen molar-refractivity contribution < 1.29 is 8.81 Å². The first kappa shape index (κ1) is 9.28. The number of nitrogens with zero attached hydrogens (tertiary/aromatic N) is 1. The third-order valence-corrected chi connectivity index (χ3v) is 1.99. The van der Waals surface area contributed by atoms with Gasteiger partial charge in [0.05, 0.1) is 0 Å². The molecule has 1 aromatic carbocycles. The molecule has 0 unspecified atom stereocenters. The van der Waals surface area contributed by atoms with Gasteiger partial charge in [0.2, 0.25) is 5.88 Å². The lowest BCUT2D eigenvalue weighted by molar-refractivity contribution is 0.598. The van der Waals surface area contributed by atoms with Crippen LogP contribution in [0.3, 0.4) is 0 Å². The number of nitrogens with two attached hydrogens (primary N) is 1. The topological polar surface area (TPSA) is 63.0 Å². The molecule has 74 valence electrons. The highest BCUT2D eigenvalue weighted by molar-refractivity contribution is 5.64. The van der Waals surface area contributed by atoms with Crippen molar-refractivity contribution in [2.75, 3.05) is 5.73 Å². The normalized spacial score (nSPS) is 9.87. The van der Waals surface area contributed by atoms with E-state index in [9.17, 15) is 4.39 Å². The van der Waals surface area contributed by atoms with Gasteiger partial charge in [0, 0.05) is 11.6 Å². The van der Waals surface area contributed by atoms with Crippen LogP contribution in [0.1, 0.15) is 5.56 Å². The molecule has 0 saturated carbocycles. The van der Waals surface area contributed by atoms with Crippen molar-refractivity contribution in [3.63, 3.8) is 0 Å². The van der Waals surface area contributed by atoms with Crippen LogP contribution in [0.4, 0.5) is 10.3 Å². The second kappa shape index (κ2) is 3.46. The first-order chi connectivity index (χ1) is 7.20. The molecule has 3 nitrogen and oxygen atoms in total. The second-order valence-electron chi connectivity index (χ2n) is 3.01. The highest BCUT2D eigenvalue weighted by Crippen LogP contribution is 2.26. The molecule has 1 aromatic heterocycles. The third-order valence-electron chi connectivity index (χ3n) is 1.99. The minimum absolute atomic E-state index is 0.0526. The smallest absolute Gasteiger partial charge is 0.208 e. The highest BCUT2D eigenvalue weighted by atomic mass is 19.1. The van der Waals surface area contributed by atoms with Crippen LogP contribution in [0, 0.1) is 17.1 Å². The summed E-state index contributed by atoms with van der Waals surface area (Å²) in [7, 11) is 0. The zero-order valence-electron chi connectivity index (χ0n) is 7.70. The highest BCUT2D eigenvalue weighted by Gasteiger charge is 2.09. The fraction of sp³-hybridized carbons (Fsp3) is 0. The molecule has 2 rings (SSSR count). The van der Waals surface area contributed by atoms with Crippen LogP contribution in [0.2, 0.25) is 0 Å². The van der Waals surface area contributed by atoms with Gasteiger partial charge in [0.1, 0.15) is 23.2 Å². The summed E-state index contributed by atoms with van der Waals surface area (Å²) in [4.78, 5) is 0. The molecular weight excluding hydrogens is 195 g/mol. The maximum Gasteiger partial charge on any atom is 0.208 e. The van der Waals surface area contributed by atoms with Crippen molar-refractivity contribution in [1.29, 1.82) is 5.26 Å².